The summed E-state index contributed by atoms with van der Waals surface area (Å²) in [5.74, 6) is 2.17. The summed E-state index contributed by atoms with van der Waals surface area (Å²) >= 11 is 0. The van der Waals surface area contributed by atoms with E-state index in [9.17, 15) is 9.59 Å². The van der Waals surface area contributed by atoms with Crippen LogP contribution in [0.5, 0.6) is 0 Å². The summed E-state index contributed by atoms with van der Waals surface area (Å²) in [4.78, 5) is 24.8. The van der Waals surface area contributed by atoms with Gasteiger partial charge in [-0.05, 0) is 25.0 Å². The molecule has 1 aromatic carbocycles. The van der Waals surface area contributed by atoms with Crippen molar-refractivity contribution in [2.24, 2.45) is 10.2 Å². The van der Waals surface area contributed by atoms with E-state index in [4.69, 9.17) is 11.2 Å². The molecule has 3 rings (SSSR count). The maximum Gasteiger partial charge on any atom is 0.253 e. The number of carbonyl (C=O) groups excluding carboxylic acids is 2. The molecule has 27 heavy (non-hydrogen) atoms. The van der Waals surface area contributed by atoms with Crippen LogP contribution in [0.25, 0.3) is 0 Å². The molecule has 0 bridgehead atoms. The van der Waals surface area contributed by atoms with Gasteiger partial charge in [-0.1, -0.05) is 12.1 Å². The van der Waals surface area contributed by atoms with E-state index in [0.29, 0.717) is 37.1 Å². The fourth-order valence-electron chi connectivity index (χ4n) is 3.09. The molecule has 1 saturated heterocycles. The van der Waals surface area contributed by atoms with Crippen molar-refractivity contribution in [3.8, 4) is 12.3 Å². The Balaban J connectivity index is 1.51. The van der Waals surface area contributed by atoms with Gasteiger partial charge in [-0.2, -0.15) is 10.2 Å². The first-order chi connectivity index (χ1) is 13.1. The molecule has 0 saturated carbocycles. The van der Waals surface area contributed by atoms with Crippen LogP contribution in [0, 0.1) is 12.3 Å². The van der Waals surface area contributed by atoms with Crippen LogP contribution in [0.2, 0.25) is 0 Å². The minimum Gasteiger partial charge on any atom is -0.376 e. The van der Waals surface area contributed by atoms with Gasteiger partial charge in [-0.3, -0.25) is 9.59 Å². The van der Waals surface area contributed by atoms with Crippen LogP contribution in [0.3, 0.4) is 0 Å². The monoisotopic (exact) mass is 368 g/mol. The third-order valence-corrected chi connectivity index (χ3v) is 4.77. The highest BCUT2D eigenvalue weighted by atomic mass is 16.5. The maximum atomic E-state index is 12.5. The SMILES string of the molecule is C#CCCC1(CCC(=O)Nc2ccccc2C(=O)NCC2CCCO2)N=N1. The van der Waals surface area contributed by atoms with Crippen molar-refractivity contribution >= 4 is 17.5 Å². The van der Waals surface area contributed by atoms with Gasteiger partial charge in [0.05, 0.1) is 17.4 Å². The molecule has 0 aliphatic carbocycles. The van der Waals surface area contributed by atoms with Gasteiger partial charge >= 0.3 is 0 Å². The number of para-hydroxylation sites is 1. The van der Waals surface area contributed by atoms with Crippen molar-refractivity contribution in [2.45, 2.75) is 50.3 Å². The number of anilines is 1. The number of rotatable bonds is 9. The lowest BCUT2D eigenvalue weighted by Gasteiger charge is -2.14. The van der Waals surface area contributed by atoms with Gasteiger partial charge in [0, 0.05) is 38.8 Å². The van der Waals surface area contributed by atoms with Crippen LogP contribution >= 0.6 is 0 Å². The average Bonchev–Trinajstić information content (AvgIpc) is 3.26. The Morgan fingerprint density at radius 1 is 1.30 bits per heavy atom. The first kappa shape index (κ1) is 19.1. The standard InChI is InChI=1S/C20H24N4O3/c1-2-3-11-20(23-24-20)12-10-18(25)22-17-9-5-4-8-16(17)19(26)21-14-15-7-6-13-27-15/h1,4-5,8-9,15H,3,6-7,10-14H2,(H,21,26)(H,22,25). The molecule has 1 fully saturated rings. The van der Waals surface area contributed by atoms with Gasteiger partial charge in [0.25, 0.3) is 5.91 Å². The molecule has 2 amide bonds. The number of nitrogens with one attached hydrogen (secondary N) is 2. The van der Waals surface area contributed by atoms with E-state index < -0.39 is 5.66 Å². The topological polar surface area (TPSA) is 92.2 Å². The van der Waals surface area contributed by atoms with E-state index in [1.165, 1.54) is 0 Å². The molecular weight excluding hydrogens is 344 g/mol. The van der Waals surface area contributed by atoms with E-state index in [-0.39, 0.29) is 24.3 Å². The van der Waals surface area contributed by atoms with Crippen molar-refractivity contribution in [1.29, 1.82) is 0 Å². The number of ether oxygens (including phenoxy) is 1. The lowest BCUT2D eigenvalue weighted by molar-refractivity contribution is -0.116. The summed E-state index contributed by atoms with van der Waals surface area (Å²) in [5.41, 5.74) is 0.448. The van der Waals surface area contributed by atoms with E-state index >= 15 is 0 Å². The first-order valence-corrected chi connectivity index (χ1v) is 9.28. The van der Waals surface area contributed by atoms with Crippen molar-refractivity contribution in [3.05, 3.63) is 29.8 Å². The molecule has 142 valence electrons. The van der Waals surface area contributed by atoms with Crippen molar-refractivity contribution in [1.82, 2.24) is 5.32 Å². The van der Waals surface area contributed by atoms with E-state index in [1.807, 2.05) is 0 Å². The number of benzene rings is 1. The molecule has 1 atom stereocenters. The predicted octanol–water partition coefficient (Wildman–Crippen LogP) is 2.89. The summed E-state index contributed by atoms with van der Waals surface area (Å²) in [6, 6.07) is 6.97. The molecule has 0 radical (unpaired) electrons. The molecule has 7 heteroatoms. The van der Waals surface area contributed by atoms with Crippen LogP contribution in [0.1, 0.15) is 48.9 Å². The Morgan fingerprint density at radius 2 is 2.11 bits per heavy atom. The van der Waals surface area contributed by atoms with Gasteiger partial charge in [0.15, 0.2) is 5.66 Å². The van der Waals surface area contributed by atoms with Crippen LogP contribution in [-0.2, 0) is 9.53 Å². The van der Waals surface area contributed by atoms with Gasteiger partial charge in [-0.15, -0.1) is 12.3 Å². The smallest absolute Gasteiger partial charge is 0.253 e. The number of nitrogens with zero attached hydrogens (tertiary/aromatic N) is 2. The summed E-state index contributed by atoms with van der Waals surface area (Å²) in [6.07, 6.45) is 9.36. The Hall–Kier alpha value is -2.72. The highest BCUT2D eigenvalue weighted by Gasteiger charge is 2.39. The number of hydrogen-bond acceptors (Lipinski definition) is 5. The van der Waals surface area contributed by atoms with Gasteiger partial charge in [0.1, 0.15) is 0 Å². The lowest BCUT2D eigenvalue weighted by atomic mass is 10.0. The zero-order chi connectivity index (χ0) is 19.1. The fraction of sp³-hybridized carbons (Fsp3) is 0.500. The first-order valence-electron chi connectivity index (χ1n) is 9.28. The molecule has 1 aromatic rings. The minimum absolute atomic E-state index is 0.0703. The molecule has 2 heterocycles. The van der Waals surface area contributed by atoms with Gasteiger partial charge < -0.3 is 15.4 Å². The van der Waals surface area contributed by atoms with Crippen LogP contribution < -0.4 is 10.6 Å². The van der Waals surface area contributed by atoms with Gasteiger partial charge in [-0.25, -0.2) is 0 Å². The average molecular weight is 368 g/mol. The normalized spacial score (nSPS) is 19.3. The molecule has 7 nitrogen and oxygen atoms in total. The van der Waals surface area contributed by atoms with Crippen LogP contribution in [0.4, 0.5) is 5.69 Å². The van der Waals surface area contributed by atoms with Crippen LogP contribution in [-0.4, -0.2) is 36.7 Å². The summed E-state index contributed by atoms with van der Waals surface area (Å²) in [5, 5.41) is 13.8. The van der Waals surface area contributed by atoms with Crippen molar-refractivity contribution < 1.29 is 14.3 Å². The summed E-state index contributed by atoms with van der Waals surface area (Å²) in [6.45, 7) is 1.22. The second-order valence-corrected chi connectivity index (χ2v) is 6.83. The summed E-state index contributed by atoms with van der Waals surface area (Å²) < 4.78 is 5.52. The zero-order valence-corrected chi connectivity index (χ0v) is 15.2. The number of amides is 2. The quantitative estimate of drug-likeness (QED) is 0.657. The molecule has 2 N–H and O–H groups in total. The van der Waals surface area contributed by atoms with E-state index in [2.05, 4.69) is 26.8 Å². The van der Waals surface area contributed by atoms with Crippen molar-refractivity contribution in [2.75, 3.05) is 18.5 Å². The fourth-order valence-corrected chi connectivity index (χ4v) is 3.09. The van der Waals surface area contributed by atoms with E-state index in [1.54, 1.807) is 24.3 Å². The minimum atomic E-state index is -0.484. The number of hydrogen-bond donors (Lipinski definition) is 2. The molecule has 0 aromatic heterocycles. The highest BCUT2D eigenvalue weighted by molar-refractivity contribution is 6.03. The second kappa shape index (κ2) is 8.78. The lowest BCUT2D eigenvalue weighted by Crippen LogP contribution is -2.32. The number of carbonyl (C=O) groups is 2. The molecule has 1 unspecified atom stereocenters. The highest BCUT2D eigenvalue weighted by Crippen LogP contribution is 2.37. The molecular formula is C20H24N4O3. The Kier molecular flexibility index (Phi) is 6.20. The summed E-state index contributed by atoms with van der Waals surface area (Å²) in [7, 11) is 0. The molecule has 2 aliphatic heterocycles. The Bertz CT molecular complexity index is 757. The molecule has 0 spiro atoms. The Morgan fingerprint density at radius 3 is 2.81 bits per heavy atom. The predicted molar refractivity (Wildman–Crippen MR) is 101 cm³/mol. The largest absolute Gasteiger partial charge is 0.376 e. The number of terminal acetylenes is 1. The van der Waals surface area contributed by atoms with Gasteiger partial charge in [0.2, 0.25) is 5.91 Å². The van der Waals surface area contributed by atoms with Crippen molar-refractivity contribution in [3.63, 3.8) is 0 Å². The second-order valence-electron chi connectivity index (χ2n) is 6.83. The maximum absolute atomic E-state index is 12.5. The third-order valence-electron chi connectivity index (χ3n) is 4.77. The van der Waals surface area contributed by atoms with E-state index in [0.717, 1.165) is 19.4 Å². The Labute approximate surface area is 159 Å². The zero-order valence-electron chi connectivity index (χ0n) is 15.2. The molecule has 2 aliphatic rings. The third kappa shape index (κ3) is 5.38. The van der Waals surface area contributed by atoms with Crippen LogP contribution in [0.15, 0.2) is 34.5 Å².